The number of hydrogen-bond donors (Lipinski definition) is 2. The van der Waals surface area contributed by atoms with Crippen LogP contribution in [0, 0.1) is 5.92 Å². The quantitative estimate of drug-likeness (QED) is 0.813. The van der Waals surface area contributed by atoms with Gasteiger partial charge in [-0.25, -0.2) is 0 Å². The van der Waals surface area contributed by atoms with Crippen LogP contribution in [-0.4, -0.2) is 19.1 Å². The Morgan fingerprint density at radius 2 is 2.22 bits per heavy atom. The highest BCUT2D eigenvalue weighted by Crippen LogP contribution is 2.13. The van der Waals surface area contributed by atoms with Crippen molar-refractivity contribution < 1.29 is 9.53 Å². The highest BCUT2D eigenvalue weighted by Gasteiger charge is 2.19. The standard InChI is InChI=1S/C14H22N2O2/c1-4-10(2)13(15)14(17)16-12-7-5-6-11(8-12)9-18-3/h5-8,10,13H,4,9,15H2,1-3H3,(H,16,17)/t10?,13-/m0/s1. The molecule has 0 radical (unpaired) electrons. The van der Waals surface area contributed by atoms with Crippen LogP contribution in [0.5, 0.6) is 0 Å². The van der Waals surface area contributed by atoms with Gasteiger partial charge in [0.05, 0.1) is 12.6 Å². The lowest BCUT2D eigenvalue weighted by Crippen LogP contribution is -2.40. The lowest BCUT2D eigenvalue weighted by Gasteiger charge is -2.18. The third-order valence-corrected chi connectivity index (χ3v) is 3.07. The maximum absolute atomic E-state index is 11.9. The Morgan fingerprint density at radius 3 is 2.83 bits per heavy atom. The van der Waals surface area contributed by atoms with Crippen LogP contribution in [0.3, 0.4) is 0 Å². The van der Waals surface area contributed by atoms with E-state index in [1.54, 1.807) is 7.11 Å². The maximum Gasteiger partial charge on any atom is 0.241 e. The Hall–Kier alpha value is -1.39. The Balaban J connectivity index is 2.66. The number of carbonyl (C=O) groups excluding carboxylic acids is 1. The van der Waals surface area contributed by atoms with Crippen molar-refractivity contribution in [3.05, 3.63) is 29.8 Å². The molecular formula is C14H22N2O2. The second-order valence-electron chi connectivity index (χ2n) is 4.53. The van der Waals surface area contributed by atoms with E-state index in [1.165, 1.54) is 0 Å². The molecule has 18 heavy (non-hydrogen) atoms. The molecule has 0 aromatic heterocycles. The van der Waals surface area contributed by atoms with Gasteiger partial charge in [0.15, 0.2) is 0 Å². The molecule has 0 saturated carbocycles. The molecule has 0 aliphatic carbocycles. The van der Waals surface area contributed by atoms with Crippen LogP contribution in [0.15, 0.2) is 24.3 Å². The van der Waals surface area contributed by atoms with E-state index in [2.05, 4.69) is 5.32 Å². The van der Waals surface area contributed by atoms with Gasteiger partial charge in [-0.3, -0.25) is 4.79 Å². The van der Waals surface area contributed by atoms with Crippen LogP contribution in [-0.2, 0) is 16.1 Å². The second kappa shape index (κ2) is 7.13. The maximum atomic E-state index is 11.9. The van der Waals surface area contributed by atoms with Crippen molar-refractivity contribution in [2.24, 2.45) is 11.7 Å². The number of carbonyl (C=O) groups is 1. The molecule has 4 heteroatoms. The van der Waals surface area contributed by atoms with Gasteiger partial charge in [-0.2, -0.15) is 0 Å². The number of nitrogens with two attached hydrogens (primary N) is 1. The van der Waals surface area contributed by atoms with Crippen molar-refractivity contribution in [2.45, 2.75) is 32.9 Å². The van der Waals surface area contributed by atoms with E-state index < -0.39 is 6.04 Å². The van der Waals surface area contributed by atoms with E-state index in [-0.39, 0.29) is 11.8 Å². The zero-order valence-corrected chi connectivity index (χ0v) is 11.3. The van der Waals surface area contributed by atoms with Gasteiger partial charge < -0.3 is 15.8 Å². The molecule has 0 heterocycles. The minimum atomic E-state index is -0.471. The average Bonchev–Trinajstić information content (AvgIpc) is 2.37. The summed E-state index contributed by atoms with van der Waals surface area (Å²) in [5.74, 6) is 0.0334. The summed E-state index contributed by atoms with van der Waals surface area (Å²) in [7, 11) is 1.64. The highest BCUT2D eigenvalue weighted by atomic mass is 16.5. The van der Waals surface area contributed by atoms with E-state index >= 15 is 0 Å². The summed E-state index contributed by atoms with van der Waals surface area (Å²) in [6.07, 6.45) is 0.887. The van der Waals surface area contributed by atoms with Gasteiger partial charge >= 0.3 is 0 Å². The Kier molecular flexibility index (Phi) is 5.82. The van der Waals surface area contributed by atoms with Crippen molar-refractivity contribution in [3.8, 4) is 0 Å². The van der Waals surface area contributed by atoms with E-state index in [1.807, 2.05) is 38.1 Å². The van der Waals surface area contributed by atoms with Crippen molar-refractivity contribution in [1.29, 1.82) is 0 Å². The molecule has 1 unspecified atom stereocenters. The minimum absolute atomic E-state index is 0.140. The molecule has 4 nitrogen and oxygen atoms in total. The summed E-state index contributed by atoms with van der Waals surface area (Å²) < 4.78 is 5.05. The number of benzene rings is 1. The number of rotatable bonds is 6. The summed E-state index contributed by atoms with van der Waals surface area (Å²) in [6.45, 7) is 4.53. The van der Waals surface area contributed by atoms with Crippen molar-refractivity contribution in [1.82, 2.24) is 0 Å². The molecule has 3 N–H and O–H groups in total. The second-order valence-corrected chi connectivity index (χ2v) is 4.53. The summed E-state index contributed by atoms with van der Waals surface area (Å²) in [5.41, 5.74) is 7.66. The molecule has 1 aromatic carbocycles. The molecule has 0 bridgehead atoms. The van der Waals surface area contributed by atoms with Crippen molar-refractivity contribution in [3.63, 3.8) is 0 Å². The van der Waals surface area contributed by atoms with Crippen LogP contribution in [0.2, 0.25) is 0 Å². The Bertz CT molecular complexity index is 393. The van der Waals surface area contributed by atoms with Crippen molar-refractivity contribution in [2.75, 3.05) is 12.4 Å². The zero-order chi connectivity index (χ0) is 13.5. The third-order valence-electron chi connectivity index (χ3n) is 3.07. The lowest BCUT2D eigenvalue weighted by molar-refractivity contribution is -0.118. The van der Waals surface area contributed by atoms with Gasteiger partial charge in [0.25, 0.3) is 0 Å². The minimum Gasteiger partial charge on any atom is -0.380 e. The number of ether oxygens (including phenoxy) is 1. The predicted octanol–water partition coefficient (Wildman–Crippen LogP) is 2.14. The number of anilines is 1. The summed E-state index contributed by atoms with van der Waals surface area (Å²) in [5, 5.41) is 2.84. The van der Waals surface area contributed by atoms with Gasteiger partial charge in [0.2, 0.25) is 5.91 Å². The molecule has 0 saturated heterocycles. The van der Waals surface area contributed by atoms with Gasteiger partial charge in [-0.1, -0.05) is 32.4 Å². The monoisotopic (exact) mass is 250 g/mol. The van der Waals surface area contributed by atoms with E-state index in [9.17, 15) is 4.79 Å². The summed E-state index contributed by atoms with van der Waals surface area (Å²) >= 11 is 0. The summed E-state index contributed by atoms with van der Waals surface area (Å²) in [6, 6.07) is 7.11. The van der Waals surface area contributed by atoms with Crippen LogP contribution < -0.4 is 11.1 Å². The molecule has 2 atom stereocenters. The highest BCUT2D eigenvalue weighted by molar-refractivity contribution is 5.94. The molecule has 1 rings (SSSR count). The zero-order valence-electron chi connectivity index (χ0n) is 11.3. The predicted molar refractivity (Wildman–Crippen MR) is 73.2 cm³/mol. The third kappa shape index (κ3) is 4.13. The molecule has 0 fully saturated rings. The number of hydrogen-bond acceptors (Lipinski definition) is 3. The van der Waals surface area contributed by atoms with E-state index in [0.29, 0.717) is 6.61 Å². The molecule has 0 spiro atoms. The lowest BCUT2D eigenvalue weighted by atomic mass is 9.99. The molecule has 1 amide bonds. The van der Waals surface area contributed by atoms with Gasteiger partial charge in [0.1, 0.15) is 0 Å². The smallest absolute Gasteiger partial charge is 0.241 e. The van der Waals surface area contributed by atoms with Gasteiger partial charge in [0, 0.05) is 12.8 Å². The average molecular weight is 250 g/mol. The molecule has 100 valence electrons. The largest absolute Gasteiger partial charge is 0.380 e. The van der Waals surface area contributed by atoms with Crippen molar-refractivity contribution >= 4 is 11.6 Å². The van der Waals surface area contributed by atoms with E-state index in [0.717, 1.165) is 17.7 Å². The fourth-order valence-corrected chi connectivity index (χ4v) is 1.64. The number of nitrogens with one attached hydrogen (secondary N) is 1. The van der Waals surface area contributed by atoms with Crippen LogP contribution in [0.1, 0.15) is 25.8 Å². The fourth-order valence-electron chi connectivity index (χ4n) is 1.64. The number of methoxy groups -OCH3 is 1. The Morgan fingerprint density at radius 1 is 1.50 bits per heavy atom. The molecular weight excluding hydrogens is 228 g/mol. The van der Waals surface area contributed by atoms with Crippen LogP contribution in [0.25, 0.3) is 0 Å². The Labute approximate surface area is 109 Å². The molecule has 0 aliphatic heterocycles. The van der Waals surface area contributed by atoms with Gasteiger partial charge in [-0.05, 0) is 23.6 Å². The molecule has 0 aliphatic rings. The SMILES string of the molecule is CCC(C)[C@H](N)C(=O)Nc1cccc(COC)c1. The normalized spacial score (nSPS) is 14.0. The number of amides is 1. The van der Waals surface area contributed by atoms with Crippen LogP contribution in [0.4, 0.5) is 5.69 Å². The van der Waals surface area contributed by atoms with Gasteiger partial charge in [-0.15, -0.1) is 0 Å². The first-order chi connectivity index (χ1) is 8.58. The van der Waals surface area contributed by atoms with Crippen LogP contribution >= 0.6 is 0 Å². The first-order valence-corrected chi connectivity index (χ1v) is 6.22. The fraction of sp³-hybridized carbons (Fsp3) is 0.500. The summed E-state index contributed by atoms with van der Waals surface area (Å²) in [4.78, 5) is 11.9. The molecule has 1 aromatic rings. The van der Waals surface area contributed by atoms with E-state index in [4.69, 9.17) is 10.5 Å². The topological polar surface area (TPSA) is 64.4 Å². The first-order valence-electron chi connectivity index (χ1n) is 6.22. The first kappa shape index (κ1) is 14.7.